The number of aliphatic hydroxyl groups is 1. The minimum Gasteiger partial charge on any atom is -0.392 e. The van der Waals surface area contributed by atoms with E-state index in [-0.39, 0.29) is 12.1 Å². The lowest BCUT2D eigenvalue weighted by atomic mass is 10.2. The van der Waals surface area contributed by atoms with Crippen molar-refractivity contribution in [1.29, 1.82) is 0 Å². The van der Waals surface area contributed by atoms with Crippen LogP contribution in [0.4, 0.5) is 0 Å². The molecule has 0 bridgehead atoms. The van der Waals surface area contributed by atoms with E-state index >= 15 is 0 Å². The molecule has 1 aliphatic heterocycles. The van der Waals surface area contributed by atoms with Crippen LogP contribution in [-0.2, 0) is 7.05 Å². The molecule has 5 nitrogen and oxygen atoms in total. The van der Waals surface area contributed by atoms with Crippen LogP contribution in [-0.4, -0.2) is 38.8 Å². The molecule has 1 fully saturated rings. The van der Waals surface area contributed by atoms with Gasteiger partial charge in [-0.05, 0) is 12.7 Å². The predicted octanol–water partition coefficient (Wildman–Crippen LogP) is -0.0677. The fraction of sp³-hybridized carbons (Fsp3) is 0.750. The first-order valence-electron chi connectivity index (χ1n) is 4.57. The van der Waals surface area contributed by atoms with Crippen LogP contribution in [0.3, 0.4) is 0 Å². The van der Waals surface area contributed by atoms with Crippen molar-refractivity contribution in [3.8, 4) is 0 Å². The van der Waals surface area contributed by atoms with Crippen molar-refractivity contribution in [2.45, 2.75) is 23.7 Å². The highest BCUT2D eigenvalue weighted by Crippen LogP contribution is 2.23. The Bertz CT molecular complexity index is 327. The normalized spacial score (nSPS) is 27.1. The van der Waals surface area contributed by atoms with Crippen LogP contribution < -0.4 is 5.32 Å². The van der Waals surface area contributed by atoms with Gasteiger partial charge < -0.3 is 15.0 Å². The Balaban J connectivity index is 2.20. The molecule has 1 aromatic rings. The van der Waals surface area contributed by atoms with Crippen LogP contribution in [0, 0.1) is 0 Å². The zero-order valence-corrected chi connectivity index (χ0v) is 9.08. The van der Waals surface area contributed by atoms with Crippen LogP contribution >= 0.6 is 11.8 Å². The summed E-state index contributed by atoms with van der Waals surface area (Å²) in [7, 11) is 1.95. The van der Waals surface area contributed by atoms with Gasteiger partial charge in [0.15, 0.2) is 11.0 Å². The van der Waals surface area contributed by atoms with Gasteiger partial charge in [0.2, 0.25) is 0 Å². The van der Waals surface area contributed by atoms with Gasteiger partial charge in [0.25, 0.3) is 0 Å². The first kappa shape index (κ1) is 9.95. The monoisotopic (exact) mass is 214 g/mol. The fourth-order valence-corrected chi connectivity index (χ4v) is 2.21. The molecule has 0 saturated carbocycles. The fourth-order valence-electron chi connectivity index (χ4n) is 1.72. The lowest BCUT2D eigenvalue weighted by Crippen LogP contribution is -2.17. The molecule has 2 heterocycles. The Hall–Kier alpha value is -0.590. The summed E-state index contributed by atoms with van der Waals surface area (Å²) in [4.78, 5) is 0. The largest absolute Gasteiger partial charge is 0.392 e. The molecule has 1 aliphatic rings. The lowest BCUT2D eigenvalue weighted by molar-refractivity contribution is 0.192. The molecule has 0 aromatic carbocycles. The second-order valence-electron chi connectivity index (χ2n) is 3.45. The van der Waals surface area contributed by atoms with Gasteiger partial charge in [-0.1, -0.05) is 11.8 Å². The molecular formula is C8H14N4OS. The Morgan fingerprint density at radius 1 is 1.57 bits per heavy atom. The third-order valence-corrected chi connectivity index (χ3v) is 3.19. The topological polar surface area (TPSA) is 63.0 Å². The van der Waals surface area contributed by atoms with Crippen LogP contribution in [0.25, 0.3) is 0 Å². The van der Waals surface area contributed by atoms with E-state index in [1.165, 1.54) is 0 Å². The first-order valence-corrected chi connectivity index (χ1v) is 5.79. The zero-order chi connectivity index (χ0) is 10.1. The number of β-amino-alcohol motifs (C(OH)–C–C–N with tert-alkyl or cyclic N) is 1. The third-order valence-electron chi connectivity index (χ3n) is 2.47. The highest BCUT2D eigenvalue weighted by molar-refractivity contribution is 7.98. The minimum atomic E-state index is -0.255. The van der Waals surface area contributed by atoms with E-state index in [1.807, 2.05) is 17.9 Å². The van der Waals surface area contributed by atoms with Gasteiger partial charge in [-0.15, -0.1) is 10.2 Å². The van der Waals surface area contributed by atoms with Gasteiger partial charge >= 0.3 is 0 Å². The summed E-state index contributed by atoms with van der Waals surface area (Å²) >= 11 is 1.57. The van der Waals surface area contributed by atoms with E-state index in [0.717, 1.165) is 17.4 Å². The van der Waals surface area contributed by atoms with E-state index in [2.05, 4.69) is 15.5 Å². The average molecular weight is 214 g/mol. The summed E-state index contributed by atoms with van der Waals surface area (Å²) in [5.41, 5.74) is 0. The second kappa shape index (κ2) is 3.88. The molecule has 0 spiro atoms. The van der Waals surface area contributed by atoms with Crippen LogP contribution in [0.5, 0.6) is 0 Å². The smallest absolute Gasteiger partial charge is 0.190 e. The number of nitrogens with zero attached hydrogens (tertiary/aromatic N) is 3. The van der Waals surface area contributed by atoms with Crippen molar-refractivity contribution in [3.63, 3.8) is 0 Å². The van der Waals surface area contributed by atoms with Gasteiger partial charge in [-0.3, -0.25) is 0 Å². The van der Waals surface area contributed by atoms with Crippen molar-refractivity contribution in [3.05, 3.63) is 5.82 Å². The minimum absolute atomic E-state index is 0.142. The molecule has 2 N–H and O–H groups in total. The Labute approximate surface area is 86.9 Å². The molecule has 14 heavy (non-hydrogen) atoms. The molecule has 0 aliphatic carbocycles. The van der Waals surface area contributed by atoms with Gasteiger partial charge in [-0.2, -0.15) is 0 Å². The van der Waals surface area contributed by atoms with Crippen molar-refractivity contribution < 1.29 is 5.11 Å². The number of nitrogens with one attached hydrogen (secondary N) is 1. The van der Waals surface area contributed by atoms with E-state index in [4.69, 9.17) is 0 Å². The maximum atomic E-state index is 9.39. The van der Waals surface area contributed by atoms with Crippen molar-refractivity contribution in [1.82, 2.24) is 20.1 Å². The summed E-state index contributed by atoms with van der Waals surface area (Å²) in [5, 5.41) is 21.7. The van der Waals surface area contributed by atoms with Gasteiger partial charge in [0.1, 0.15) is 0 Å². The lowest BCUT2D eigenvalue weighted by Gasteiger charge is -2.08. The zero-order valence-electron chi connectivity index (χ0n) is 8.27. The maximum Gasteiger partial charge on any atom is 0.190 e. The number of hydrogen-bond donors (Lipinski definition) is 2. The summed E-state index contributed by atoms with van der Waals surface area (Å²) in [6.07, 6.45) is 2.44. The van der Waals surface area contributed by atoms with Crippen LogP contribution in [0.15, 0.2) is 5.16 Å². The molecule has 78 valence electrons. The Morgan fingerprint density at radius 3 is 2.86 bits per heavy atom. The number of thioether (sulfide) groups is 1. The van der Waals surface area contributed by atoms with Crippen LogP contribution in [0.2, 0.25) is 0 Å². The molecule has 1 aromatic heterocycles. The number of aromatic nitrogens is 3. The average Bonchev–Trinajstić information content (AvgIpc) is 2.72. The molecule has 1 saturated heterocycles. The van der Waals surface area contributed by atoms with Crippen LogP contribution in [0.1, 0.15) is 18.3 Å². The third kappa shape index (κ3) is 1.65. The number of hydrogen-bond acceptors (Lipinski definition) is 5. The SMILES string of the molecule is CSc1nnc(C2CC(O)CN2)n1C. The second-order valence-corrected chi connectivity index (χ2v) is 4.23. The molecule has 2 rings (SSSR count). The van der Waals surface area contributed by atoms with E-state index in [1.54, 1.807) is 11.8 Å². The predicted molar refractivity (Wildman–Crippen MR) is 54.2 cm³/mol. The summed E-state index contributed by atoms with van der Waals surface area (Å²) in [5.74, 6) is 0.908. The van der Waals surface area contributed by atoms with E-state index in [0.29, 0.717) is 6.54 Å². The molecule has 0 amide bonds. The highest BCUT2D eigenvalue weighted by atomic mass is 32.2. The first-order chi connectivity index (χ1) is 6.72. The van der Waals surface area contributed by atoms with Gasteiger partial charge in [0, 0.05) is 13.6 Å². The standard InChI is InChI=1S/C8H14N4OS/c1-12-7(10-11-8(12)14-2)6-3-5(13)4-9-6/h5-6,9,13H,3-4H2,1-2H3. The summed E-state index contributed by atoms with van der Waals surface area (Å²) in [6, 6.07) is 0.142. The highest BCUT2D eigenvalue weighted by Gasteiger charge is 2.27. The molecule has 2 unspecified atom stereocenters. The summed E-state index contributed by atoms with van der Waals surface area (Å²) < 4.78 is 1.97. The van der Waals surface area contributed by atoms with E-state index < -0.39 is 0 Å². The Morgan fingerprint density at radius 2 is 2.36 bits per heavy atom. The summed E-state index contributed by atoms with van der Waals surface area (Å²) in [6.45, 7) is 0.645. The number of rotatable bonds is 2. The maximum absolute atomic E-state index is 9.39. The van der Waals surface area contributed by atoms with Crippen molar-refractivity contribution >= 4 is 11.8 Å². The van der Waals surface area contributed by atoms with E-state index in [9.17, 15) is 5.11 Å². The molecule has 0 radical (unpaired) electrons. The van der Waals surface area contributed by atoms with Gasteiger partial charge in [-0.25, -0.2) is 0 Å². The van der Waals surface area contributed by atoms with Crippen molar-refractivity contribution in [2.75, 3.05) is 12.8 Å². The quantitative estimate of drug-likeness (QED) is 0.675. The molecular weight excluding hydrogens is 200 g/mol. The van der Waals surface area contributed by atoms with Crippen molar-refractivity contribution in [2.24, 2.45) is 7.05 Å². The molecule has 6 heteroatoms. The Kier molecular flexibility index (Phi) is 2.76. The number of aliphatic hydroxyl groups excluding tert-OH is 1. The molecule has 2 atom stereocenters. The van der Waals surface area contributed by atoms with Gasteiger partial charge in [0.05, 0.1) is 12.1 Å².